The molecule has 2 heterocycles. The van der Waals surface area contributed by atoms with Gasteiger partial charge in [0, 0.05) is 18.7 Å². The fourth-order valence-electron chi connectivity index (χ4n) is 3.21. The Labute approximate surface area is 163 Å². The minimum Gasteiger partial charge on any atom is -0.480 e. The summed E-state index contributed by atoms with van der Waals surface area (Å²) in [5.74, 6) is -1.21. The smallest absolute Gasteiger partial charge is 0.323 e. The number of benzene rings is 1. The molecule has 28 heavy (non-hydrogen) atoms. The predicted molar refractivity (Wildman–Crippen MR) is 107 cm³/mol. The first-order valence-corrected chi connectivity index (χ1v) is 9.33. The van der Waals surface area contributed by atoms with Crippen LogP contribution in [0.15, 0.2) is 42.6 Å². The third-order valence-corrected chi connectivity index (χ3v) is 4.41. The van der Waals surface area contributed by atoms with Gasteiger partial charge in [-0.25, -0.2) is 9.67 Å². The van der Waals surface area contributed by atoms with Gasteiger partial charge in [0.05, 0.1) is 22.8 Å². The number of fused-ring (bicyclic) bond motifs is 1. The van der Waals surface area contributed by atoms with E-state index in [9.17, 15) is 14.7 Å². The predicted octanol–water partition coefficient (Wildman–Crippen LogP) is 3.30. The molecule has 0 radical (unpaired) electrons. The summed E-state index contributed by atoms with van der Waals surface area (Å²) >= 11 is 0. The van der Waals surface area contributed by atoms with Crippen LogP contribution in [0.1, 0.15) is 31.1 Å². The van der Waals surface area contributed by atoms with Crippen molar-refractivity contribution < 1.29 is 14.7 Å². The van der Waals surface area contributed by atoms with Gasteiger partial charge >= 0.3 is 5.97 Å². The van der Waals surface area contributed by atoms with Crippen LogP contribution in [0.2, 0.25) is 0 Å². The lowest BCUT2D eigenvalue weighted by molar-refractivity contribution is -0.137. The van der Waals surface area contributed by atoms with Gasteiger partial charge in [-0.15, -0.1) is 0 Å². The maximum atomic E-state index is 13.3. The van der Waals surface area contributed by atoms with Crippen molar-refractivity contribution in [2.75, 3.05) is 13.1 Å². The number of hydrogen-bond acceptors (Lipinski definition) is 4. The molecule has 0 aliphatic carbocycles. The zero-order valence-electron chi connectivity index (χ0n) is 16.3. The lowest BCUT2D eigenvalue weighted by Gasteiger charge is -2.23. The topological polar surface area (TPSA) is 88.3 Å². The average Bonchev–Trinajstić information content (AvgIpc) is 3.09. The van der Waals surface area contributed by atoms with E-state index in [-0.39, 0.29) is 18.4 Å². The van der Waals surface area contributed by atoms with E-state index in [1.54, 1.807) is 16.9 Å². The molecule has 0 aliphatic rings. The number of pyridine rings is 1. The van der Waals surface area contributed by atoms with Crippen molar-refractivity contribution in [1.29, 1.82) is 0 Å². The first kappa shape index (κ1) is 19.5. The molecule has 0 unspecified atom stereocenters. The second kappa shape index (κ2) is 8.21. The highest BCUT2D eigenvalue weighted by Crippen LogP contribution is 2.26. The number of hydrogen-bond donors (Lipinski definition) is 1. The molecule has 3 aromatic rings. The lowest BCUT2D eigenvalue weighted by atomic mass is 10.1. The molecule has 146 valence electrons. The summed E-state index contributed by atoms with van der Waals surface area (Å²) in [5, 5.41) is 14.2. The number of aromatic nitrogens is 3. The minimum absolute atomic E-state index is 0.146. The molecule has 1 aromatic carbocycles. The molecule has 0 atom stereocenters. The quantitative estimate of drug-likeness (QED) is 0.679. The van der Waals surface area contributed by atoms with Crippen molar-refractivity contribution in [3.05, 3.63) is 48.2 Å². The summed E-state index contributed by atoms with van der Waals surface area (Å²) in [6.45, 7) is 6.50. The number of carbonyl (C=O) groups excluding carboxylic acids is 1. The molecule has 3 rings (SSSR count). The number of carbonyl (C=O) groups is 2. The van der Waals surface area contributed by atoms with Gasteiger partial charge in [-0.05, 0) is 18.9 Å². The van der Waals surface area contributed by atoms with E-state index in [2.05, 4.69) is 5.10 Å². The van der Waals surface area contributed by atoms with Crippen molar-refractivity contribution in [2.24, 2.45) is 5.92 Å². The molecule has 1 amide bonds. The van der Waals surface area contributed by atoms with Crippen LogP contribution in [0.25, 0.3) is 22.3 Å². The van der Waals surface area contributed by atoms with Crippen LogP contribution in [0.5, 0.6) is 0 Å². The number of amides is 1. The second-order valence-electron chi connectivity index (χ2n) is 7.09. The van der Waals surface area contributed by atoms with E-state index < -0.39 is 5.97 Å². The van der Waals surface area contributed by atoms with Crippen LogP contribution in [-0.4, -0.2) is 49.7 Å². The zero-order chi connectivity index (χ0) is 20.3. The maximum Gasteiger partial charge on any atom is 0.323 e. The summed E-state index contributed by atoms with van der Waals surface area (Å²) in [7, 11) is 0. The third-order valence-electron chi connectivity index (χ3n) is 4.41. The number of rotatable bonds is 7. The minimum atomic E-state index is -1.04. The Morgan fingerprint density at radius 2 is 1.93 bits per heavy atom. The Balaban J connectivity index is 2.16. The Hall–Kier alpha value is -3.22. The summed E-state index contributed by atoms with van der Waals surface area (Å²) in [5.41, 5.74) is 2.58. The standard InChI is InChI=1S/C21H24N4O3/c1-4-25-20-17(11-22-25)16(10-18(23-20)15-8-6-5-7-9-15)21(28)24(12-14(2)3)13-19(26)27/h5-11,14H,4,12-13H2,1-3H3,(H,26,27). The Morgan fingerprint density at radius 1 is 1.21 bits per heavy atom. The molecule has 0 fully saturated rings. The fourth-order valence-corrected chi connectivity index (χ4v) is 3.21. The SMILES string of the molecule is CCn1ncc2c(C(=O)N(CC(=O)O)CC(C)C)cc(-c3ccccc3)nc21. The molecular weight excluding hydrogens is 356 g/mol. The van der Waals surface area contributed by atoms with Crippen LogP contribution in [0.3, 0.4) is 0 Å². The Kier molecular flexibility index (Phi) is 5.73. The first-order valence-electron chi connectivity index (χ1n) is 9.33. The molecule has 1 N–H and O–H groups in total. The number of aliphatic carboxylic acids is 1. The first-order chi connectivity index (χ1) is 13.4. The molecular formula is C21H24N4O3. The number of carboxylic acid groups (broad SMARTS) is 1. The molecule has 0 saturated carbocycles. The van der Waals surface area contributed by atoms with Gasteiger partial charge in [-0.2, -0.15) is 5.10 Å². The monoisotopic (exact) mass is 380 g/mol. The van der Waals surface area contributed by atoms with Gasteiger partial charge in [0.25, 0.3) is 5.91 Å². The highest BCUT2D eigenvalue weighted by atomic mass is 16.4. The highest BCUT2D eigenvalue weighted by molar-refractivity contribution is 6.07. The van der Waals surface area contributed by atoms with Crippen molar-refractivity contribution in [2.45, 2.75) is 27.3 Å². The van der Waals surface area contributed by atoms with Crippen molar-refractivity contribution in [3.63, 3.8) is 0 Å². The van der Waals surface area contributed by atoms with Gasteiger partial charge in [-0.3, -0.25) is 9.59 Å². The van der Waals surface area contributed by atoms with Gasteiger partial charge < -0.3 is 10.0 Å². The van der Waals surface area contributed by atoms with Crippen molar-refractivity contribution in [1.82, 2.24) is 19.7 Å². The zero-order valence-corrected chi connectivity index (χ0v) is 16.3. The van der Waals surface area contributed by atoms with Gasteiger partial charge in [0.1, 0.15) is 6.54 Å². The molecule has 0 saturated heterocycles. The fraction of sp³-hybridized carbons (Fsp3) is 0.333. The van der Waals surface area contributed by atoms with Crippen LogP contribution >= 0.6 is 0 Å². The summed E-state index contributed by atoms with van der Waals surface area (Å²) in [6.07, 6.45) is 1.63. The Morgan fingerprint density at radius 3 is 2.54 bits per heavy atom. The maximum absolute atomic E-state index is 13.3. The molecule has 0 aliphatic heterocycles. The van der Waals surface area contributed by atoms with E-state index in [1.807, 2.05) is 51.1 Å². The normalized spacial score (nSPS) is 11.1. The average molecular weight is 380 g/mol. The number of nitrogens with zero attached hydrogens (tertiary/aromatic N) is 4. The summed E-state index contributed by atoms with van der Waals surface area (Å²) in [4.78, 5) is 30.7. The highest BCUT2D eigenvalue weighted by Gasteiger charge is 2.24. The second-order valence-corrected chi connectivity index (χ2v) is 7.09. The molecule has 0 bridgehead atoms. The van der Waals surface area contributed by atoms with Crippen LogP contribution in [0.4, 0.5) is 0 Å². The third kappa shape index (κ3) is 4.03. The van der Waals surface area contributed by atoms with Gasteiger partial charge in [0.2, 0.25) is 0 Å². The molecule has 7 nitrogen and oxygen atoms in total. The van der Waals surface area contributed by atoms with Crippen LogP contribution in [0, 0.1) is 5.92 Å². The summed E-state index contributed by atoms with van der Waals surface area (Å²) in [6, 6.07) is 11.3. The summed E-state index contributed by atoms with van der Waals surface area (Å²) < 4.78 is 1.74. The number of aryl methyl sites for hydroxylation is 1. The van der Waals surface area contributed by atoms with Gasteiger partial charge in [-0.1, -0.05) is 44.2 Å². The Bertz CT molecular complexity index is 996. The molecule has 2 aromatic heterocycles. The van der Waals surface area contributed by atoms with Crippen LogP contribution in [-0.2, 0) is 11.3 Å². The van der Waals surface area contributed by atoms with Crippen molar-refractivity contribution in [3.8, 4) is 11.3 Å². The molecule has 7 heteroatoms. The lowest BCUT2D eigenvalue weighted by Crippen LogP contribution is -2.38. The largest absolute Gasteiger partial charge is 0.480 e. The van der Waals surface area contributed by atoms with Crippen LogP contribution < -0.4 is 0 Å². The molecule has 0 spiro atoms. The van der Waals surface area contributed by atoms with E-state index >= 15 is 0 Å². The van der Waals surface area contributed by atoms with Gasteiger partial charge in [0.15, 0.2) is 5.65 Å². The van der Waals surface area contributed by atoms with E-state index in [0.717, 1.165) is 5.56 Å². The number of carboxylic acids is 1. The van der Waals surface area contributed by atoms with E-state index in [0.29, 0.717) is 35.4 Å². The van der Waals surface area contributed by atoms with E-state index in [4.69, 9.17) is 4.98 Å². The van der Waals surface area contributed by atoms with Crippen molar-refractivity contribution >= 4 is 22.9 Å². The van der Waals surface area contributed by atoms with E-state index in [1.165, 1.54) is 4.90 Å².